The first kappa shape index (κ1) is 10.5. The minimum Gasteiger partial charge on any atom is -0.461 e. The lowest BCUT2D eigenvalue weighted by atomic mass is 10.2. The topological polar surface area (TPSA) is 54.3 Å². The highest BCUT2D eigenvalue weighted by Crippen LogP contribution is 2.18. The summed E-state index contributed by atoms with van der Waals surface area (Å²) >= 11 is 0. The zero-order valence-corrected chi connectivity index (χ0v) is 9.12. The molecule has 1 aromatic heterocycles. The molecule has 0 aliphatic rings. The van der Waals surface area contributed by atoms with Crippen molar-refractivity contribution in [1.82, 2.24) is 10.6 Å². The van der Waals surface area contributed by atoms with Crippen molar-refractivity contribution in [3.8, 4) is 0 Å². The monoisotopic (exact) mass is 218 g/mol. The third-order valence-electron chi connectivity index (χ3n) is 2.36. The van der Waals surface area contributed by atoms with E-state index in [-0.39, 0.29) is 6.03 Å². The molecule has 0 radical (unpaired) electrons. The van der Waals surface area contributed by atoms with Gasteiger partial charge < -0.3 is 15.1 Å². The summed E-state index contributed by atoms with van der Waals surface area (Å²) in [5, 5.41) is 6.31. The van der Waals surface area contributed by atoms with Crippen molar-refractivity contribution in [3.05, 3.63) is 36.1 Å². The predicted molar refractivity (Wildman–Crippen MR) is 62.4 cm³/mol. The minimum absolute atomic E-state index is 0.170. The van der Waals surface area contributed by atoms with Gasteiger partial charge in [0.25, 0.3) is 0 Å². The van der Waals surface area contributed by atoms with Crippen molar-refractivity contribution >= 4 is 17.0 Å². The second-order valence-corrected chi connectivity index (χ2v) is 3.51. The number of rotatable bonds is 3. The molecule has 0 aliphatic heterocycles. The molecule has 0 spiro atoms. The Hall–Kier alpha value is -1.97. The second kappa shape index (κ2) is 4.70. The van der Waals surface area contributed by atoms with E-state index in [0.29, 0.717) is 13.0 Å². The number of benzene rings is 1. The van der Waals surface area contributed by atoms with Gasteiger partial charge in [-0.15, -0.1) is 0 Å². The van der Waals surface area contributed by atoms with Crippen molar-refractivity contribution in [2.45, 2.75) is 6.42 Å². The van der Waals surface area contributed by atoms with Crippen molar-refractivity contribution in [2.24, 2.45) is 0 Å². The van der Waals surface area contributed by atoms with Gasteiger partial charge in [-0.25, -0.2) is 4.79 Å². The lowest BCUT2D eigenvalue weighted by Crippen LogP contribution is -2.33. The molecular formula is C12H14N2O2. The molecule has 84 valence electrons. The van der Waals surface area contributed by atoms with Crippen LogP contribution in [0.4, 0.5) is 4.79 Å². The molecule has 0 saturated heterocycles. The average molecular weight is 218 g/mol. The summed E-state index contributed by atoms with van der Waals surface area (Å²) in [6.45, 7) is 0.569. The number of urea groups is 1. The molecule has 0 saturated carbocycles. The van der Waals surface area contributed by atoms with E-state index in [9.17, 15) is 4.79 Å². The molecule has 0 fully saturated rings. The van der Waals surface area contributed by atoms with Crippen LogP contribution in [0, 0.1) is 0 Å². The molecule has 1 aromatic carbocycles. The molecule has 1 heterocycles. The quantitative estimate of drug-likeness (QED) is 0.826. The van der Waals surface area contributed by atoms with Gasteiger partial charge in [-0.05, 0) is 12.1 Å². The Bertz CT molecular complexity index is 457. The largest absolute Gasteiger partial charge is 0.461 e. The van der Waals surface area contributed by atoms with Gasteiger partial charge in [-0.1, -0.05) is 18.2 Å². The number of hydrogen-bond acceptors (Lipinski definition) is 2. The van der Waals surface area contributed by atoms with Crippen LogP contribution in [0.25, 0.3) is 11.0 Å². The summed E-state index contributed by atoms with van der Waals surface area (Å²) in [5.41, 5.74) is 0.887. The molecule has 2 rings (SSSR count). The zero-order chi connectivity index (χ0) is 11.4. The molecule has 0 aliphatic carbocycles. The highest BCUT2D eigenvalue weighted by molar-refractivity contribution is 5.77. The highest BCUT2D eigenvalue weighted by Gasteiger charge is 2.03. The molecule has 2 amide bonds. The summed E-state index contributed by atoms with van der Waals surface area (Å²) in [6.07, 6.45) is 0.697. The fourth-order valence-corrected chi connectivity index (χ4v) is 1.55. The fourth-order valence-electron chi connectivity index (χ4n) is 1.55. The third kappa shape index (κ3) is 2.34. The van der Waals surface area contributed by atoms with Crippen LogP contribution in [0.1, 0.15) is 5.76 Å². The van der Waals surface area contributed by atoms with E-state index in [4.69, 9.17) is 4.42 Å². The Kier molecular flexibility index (Phi) is 3.10. The number of amides is 2. The van der Waals surface area contributed by atoms with E-state index < -0.39 is 0 Å². The van der Waals surface area contributed by atoms with Gasteiger partial charge >= 0.3 is 6.03 Å². The van der Waals surface area contributed by atoms with E-state index in [1.807, 2.05) is 30.3 Å². The zero-order valence-electron chi connectivity index (χ0n) is 9.12. The predicted octanol–water partition coefficient (Wildman–Crippen LogP) is 1.90. The second-order valence-electron chi connectivity index (χ2n) is 3.51. The van der Waals surface area contributed by atoms with Crippen LogP contribution in [0.2, 0.25) is 0 Å². The molecule has 0 atom stereocenters. The molecule has 0 bridgehead atoms. The van der Waals surface area contributed by atoms with E-state index in [0.717, 1.165) is 16.7 Å². The van der Waals surface area contributed by atoms with Crippen molar-refractivity contribution in [2.75, 3.05) is 13.6 Å². The van der Waals surface area contributed by atoms with Crippen LogP contribution in [0.15, 0.2) is 34.7 Å². The number of nitrogens with one attached hydrogen (secondary N) is 2. The van der Waals surface area contributed by atoms with E-state index in [1.54, 1.807) is 7.05 Å². The van der Waals surface area contributed by atoms with E-state index in [2.05, 4.69) is 10.6 Å². The maximum atomic E-state index is 10.9. The molecule has 0 unspecified atom stereocenters. The first-order valence-electron chi connectivity index (χ1n) is 5.22. The summed E-state index contributed by atoms with van der Waals surface area (Å²) in [6, 6.07) is 9.69. The number of furan rings is 1. The molecule has 2 N–H and O–H groups in total. The van der Waals surface area contributed by atoms with Crippen LogP contribution >= 0.6 is 0 Å². The summed E-state index contributed by atoms with van der Waals surface area (Å²) in [4.78, 5) is 10.9. The van der Waals surface area contributed by atoms with Crippen LogP contribution < -0.4 is 10.6 Å². The van der Waals surface area contributed by atoms with Gasteiger partial charge in [0.2, 0.25) is 0 Å². The highest BCUT2D eigenvalue weighted by atomic mass is 16.3. The first-order valence-corrected chi connectivity index (χ1v) is 5.22. The average Bonchev–Trinajstić information content (AvgIpc) is 2.71. The lowest BCUT2D eigenvalue weighted by Gasteiger charge is -2.01. The number of carbonyl (C=O) groups excluding carboxylic acids is 1. The Labute approximate surface area is 93.6 Å². The Morgan fingerprint density at radius 3 is 2.94 bits per heavy atom. The van der Waals surface area contributed by atoms with Crippen LogP contribution in [0.5, 0.6) is 0 Å². The summed E-state index contributed by atoms with van der Waals surface area (Å²) < 4.78 is 5.61. The van der Waals surface area contributed by atoms with Crippen molar-refractivity contribution in [1.29, 1.82) is 0 Å². The molecule has 16 heavy (non-hydrogen) atoms. The lowest BCUT2D eigenvalue weighted by molar-refractivity contribution is 0.243. The van der Waals surface area contributed by atoms with Crippen molar-refractivity contribution in [3.63, 3.8) is 0 Å². The Morgan fingerprint density at radius 2 is 2.19 bits per heavy atom. The maximum absolute atomic E-state index is 10.9. The molecular weight excluding hydrogens is 204 g/mol. The Morgan fingerprint density at radius 1 is 1.38 bits per heavy atom. The molecule has 4 nitrogen and oxygen atoms in total. The maximum Gasteiger partial charge on any atom is 0.314 e. The summed E-state index contributed by atoms with van der Waals surface area (Å²) in [5.74, 6) is 0.887. The third-order valence-corrected chi connectivity index (χ3v) is 2.36. The van der Waals surface area contributed by atoms with Gasteiger partial charge in [0.15, 0.2) is 0 Å². The first-order chi connectivity index (χ1) is 7.79. The molecule has 4 heteroatoms. The van der Waals surface area contributed by atoms with Crippen molar-refractivity contribution < 1.29 is 9.21 Å². The Balaban J connectivity index is 1.97. The minimum atomic E-state index is -0.170. The normalized spacial score (nSPS) is 10.3. The number of hydrogen-bond donors (Lipinski definition) is 2. The van der Waals surface area contributed by atoms with Gasteiger partial charge in [0.05, 0.1) is 0 Å². The standard InChI is InChI=1S/C12H14N2O2/c1-13-12(15)14-7-6-10-8-9-4-2-3-5-11(9)16-10/h2-5,8H,6-7H2,1H3,(H2,13,14,15). The van der Waals surface area contributed by atoms with Gasteiger partial charge in [0.1, 0.15) is 11.3 Å². The molecule has 2 aromatic rings. The van der Waals surface area contributed by atoms with Crippen LogP contribution in [-0.4, -0.2) is 19.6 Å². The van der Waals surface area contributed by atoms with E-state index in [1.165, 1.54) is 0 Å². The van der Waals surface area contributed by atoms with Crippen LogP contribution in [-0.2, 0) is 6.42 Å². The SMILES string of the molecule is CNC(=O)NCCc1cc2ccccc2o1. The summed E-state index contributed by atoms with van der Waals surface area (Å²) in [7, 11) is 1.59. The smallest absolute Gasteiger partial charge is 0.314 e. The number of carbonyl (C=O) groups is 1. The fraction of sp³-hybridized carbons (Fsp3) is 0.250. The van der Waals surface area contributed by atoms with Gasteiger partial charge in [0, 0.05) is 25.4 Å². The van der Waals surface area contributed by atoms with Crippen LogP contribution in [0.3, 0.4) is 0 Å². The van der Waals surface area contributed by atoms with E-state index >= 15 is 0 Å². The van der Waals surface area contributed by atoms with Gasteiger partial charge in [-0.2, -0.15) is 0 Å². The van der Waals surface area contributed by atoms with Gasteiger partial charge in [-0.3, -0.25) is 0 Å². The number of para-hydroxylation sites is 1. The number of fused-ring (bicyclic) bond motifs is 1.